The minimum Gasteiger partial charge on any atom is -0.497 e. The zero-order valence-electron chi connectivity index (χ0n) is 18.4. The van der Waals surface area contributed by atoms with Gasteiger partial charge in [0.1, 0.15) is 19.0 Å². The molecule has 0 saturated heterocycles. The SMILES string of the molecule is COc1cccc(-n2ccn3c(S[C@@H](C)C(=O)Nc4ccc5c(c4)OCCO5)nnc3c2=O)c1. The summed E-state index contributed by atoms with van der Waals surface area (Å²) in [7, 11) is 1.57. The number of nitrogens with one attached hydrogen (secondary N) is 1. The molecule has 3 heterocycles. The van der Waals surface area contributed by atoms with Crippen molar-refractivity contribution in [1.82, 2.24) is 19.2 Å². The summed E-state index contributed by atoms with van der Waals surface area (Å²) in [6, 6.07) is 12.4. The van der Waals surface area contributed by atoms with Gasteiger partial charge in [-0.05, 0) is 31.2 Å². The monoisotopic (exact) mass is 479 g/mol. The van der Waals surface area contributed by atoms with E-state index in [4.69, 9.17) is 14.2 Å². The maximum atomic E-state index is 13.0. The zero-order chi connectivity index (χ0) is 23.7. The van der Waals surface area contributed by atoms with Gasteiger partial charge in [-0.25, -0.2) is 0 Å². The highest BCUT2D eigenvalue weighted by atomic mass is 32.2. The molecule has 0 aliphatic carbocycles. The molecule has 1 N–H and O–H groups in total. The molecule has 1 aliphatic rings. The van der Waals surface area contributed by atoms with Crippen LogP contribution in [-0.4, -0.2) is 50.6 Å². The van der Waals surface area contributed by atoms with E-state index in [0.29, 0.717) is 47.0 Å². The quantitative estimate of drug-likeness (QED) is 0.421. The van der Waals surface area contributed by atoms with Gasteiger partial charge in [0.05, 0.1) is 18.0 Å². The Balaban J connectivity index is 1.34. The summed E-state index contributed by atoms with van der Waals surface area (Å²) in [5, 5.41) is 11.0. The van der Waals surface area contributed by atoms with Gasteiger partial charge in [0.2, 0.25) is 11.6 Å². The highest BCUT2D eigenvalue weighted by Crippen LogP contribution is 2.33. The number of aromatic nitrogens is 4. The topological polar surface area (TPSA) is 109 Å². The van der Waals surface area contributed by atoms with Crippen LogP contribution in [-0.2, 0) is 4.79 Å². The van der Waals surface area contributed by atoms with Gasteiger partial charge in [0.15, 0.2) is 16.7 Å². The van der Waals surface area contributed by atoms with Gasteiger partial charge in [-0.15, -0.1) is 10.2 Å². The molecule has 0 spiro atoms. The normalized spacial score (nSPS) is 13.5. The first-order valence-corrected chi connectivity index (χ1v) is 11.4. The molecule has 1 amide bonds. The molecular weight excluding hydrogens is 458 g/mol. The van der Waals surface area contributed by atoms with Crippen LogP contribution in [0.25, 0.3) is 11.3 Å². The van der Waals surface area contributed by atoms with E-state index >= 15 is 0 Å². The van der Waals surface area contributed by atoms with Crippen molar-refractivity contribution in [2.75, 3.05) is 25.6 Å². The average molecular weight is 480 g/mol. The number of carbonyl (C=O) groups is 1. The number of ether oxygens (including phenoxy) is 3. The van der Waals surface area contributed by atoms with Gasteiger partial charge in [-0.3, -0.25) is 18.6 Å². The van der Waals surface area contributed by atoms with E-state index in [0.717, 1.165) is 0 Å². The lowest BCUT2D eigenvalue weighted by Crippen LogP contribution is -2.23. The summed E-state index contributed by atoms with van der Waals surface area (Å²) in [5.41, 5.74) is 1.08. The molecule has 2 aromatic heterocycles. The van der Waals surface area contributed by atoms with Crippen LogP contribution in [0.3, 0.4) is 0 Å². The van der Waals surface area contributed by atoms with Crippen LogP contribution in [0.5, 0.6) is 17.2 Å². The fraction of sp³-hybridized carbons (Fsp3) is 0.217. The molecule has 0 radical (unpaired) electrons. The number of methoxy groups -OCH3 is 1. The van der Waals surface area contributed by atoms with Gasteiger partial charge < -0.3 is 19.5 Å². The average Bonchev–Trinajstić information content (AvgIpc) is 3.27. The highest BCUT2D eigenvalue weighted by molar-refractivity contribution is 8.00. The molecule has 2 aromatic carbocycles. The lowest BCUT2D eigenvalue weighted by atomic mass is 10.2. The fourth-order valence-electron chi connectivity index (χ4n) is 3.49. The van der Waals surface area contributed by atoms with E-state index in [1.807, 2.05) is 0 Å². The molecule has 0 fully saturated rings. The first kappa shape index (κ1) is 21.8. The fourth-order valence-corrected chi connectivity index (χ4v) is 4.32. The van der Waals surface area contributed by atoms with Gasteiger partial charge >= 0.3 is 5.56 Å². The molecule has 0 unspecified atom stereocenters. The number of hydrogen-bond donors (Lipinski definition) is 1. The van der Waals surface area contributed by atoms with Crippen molar-refractivity contribution in [3.8, 4) is 22.9 Å². The molecule has 5 rings (SSSR count). The Labute approximate surface area is 198 Å². The van der Waals surface area contributed by atoms with Crippen molar-refractivity contribution in [3.63, 3.8) is 0 Å². The molecule has 0 saturated carbocycles. The third kappa shape index (κ3) is 4.17. The van der Waals surface area contributed by atoms with Crippen LogP contribution in [0.4, 0.5) is 5.69 Å². The van der Waals surface area contributed by atoms with Crippen LogP contribution in [0.2, 0.25) is 0 Å². The second kappa shape index (κ2) is 9.10. The van der Waals surface area contributed by atoms with E-state index in [2.05, 4.69) is 15.5 Å². The third-order valence-electron chi connectivity index (χ3n) is 5.23. The summed E-state index contributed by atoms with van der Waals surface area (Å²) >= 11 is 1.21. The lowest BCUT2D eigenvalue weighted by molar-refractivity contribution is -0.115. The van der Waals surface area contributed by atoms with Gasteiger partial charge in [-0.1, -0.05) is 17.8 Å². The van der Waals surface area contributed by atoms with E-state index in [9.17, 15) is 9.59 Å². The highest BCUT2D eigenvalue weighted by Gasteiger charge is 2.21. The number of nitrogens with zero attached hydrogens (tertiary/aromatic N) is 4. The van der Waals surface area contributed by atoms with E-state index in [1.54, 1.807) is 73.3 Å². The predicted molar refractivity (Wildman–Crippen MR) is 127 cm³/mol. The Bertz CT molecular complexity index is 1430. The van der Waals surface area contributed by atoms with Crippen LogP contribution >= 0.6 is 11.8 Å². The third-order valence-corrected chi connectivity index (χ3v) is 6.29. The largest absolute Gasteiger partial charge is 0.497 e. The van der Waals surface area contributed by atoms with Crippen molar-refractivity contribution < 1.29 is 19.0 Å². The number of benzene rings is 2. The van der Waals surface area contributed by atoms with Crippen molar-refractivity contribution in [3.05, 3.63) is 65.2 Å². The van der Waals surface area contributed by atoms with Crippen LogP contribution in [0, 0.1) is 0 Å². The number of anilines is 1. The van der Waals surface area contributed by atoms with Crippen LogP contribution in [0.1, 0.15) is 6.92 Å². The van der Waals surface area contributed by atoms with Crippen molar-refractivity contribution in [1.29, 1.82) is 0 Å². The number of fused-ring (bicyclic) bond motifs is 2. The van der Waals surface area contributed by atoms with E-state index in [1.165, 1.54) is 16.3 Å². The number of rotatable bonds is 6. The first-order chi connectivity index (χ1) is 16.5. The van der Waals surface area contributed by atoms with Crippen LogP contribution in [0.15, 0.2) is 64.8 Å². The van der Waals surface area contributed by atoms with Crippen molar-refractivity contribution in [2.45, 2.75) is 17.3 Å². The summed E-state index contributed by atoms with van der Waals surface area (Å²) in [6.45, 7) is 2.73. The molecule has 10 nitrogen and oxygen atoms in total. The zero-order valence-corrected chi connectivity index (χ0v) is 19.2. The summed E-state index contributed by atoms with van der Waals surface area (Å²) < 4.78 is 19.4. The Morgan fingerprint density at radius 3 is 2.76 bits per heavy atom. The molecule has 4 aromatic rings. The number of amides is 1. The van der Waals surface area contributed by atoms with Gasteiger partial charge in [0.25, 0.3) is 0 Å². The second-order valence-corrected chi connectivity index (χ2v) is 8.77. The minimum absolute atomic E-state index is 0.160. The maximum absolute atomic E-state index is 13.0. The predicted octanol–water partition coefficient (Wildman–Crippen LogP) is 2.78. The maximum Gasteiger partial charge on any atom is 0.300 e. The molecule has 0 bridgehead atoms. The number of hydrogen-bond acceptors (Lipinski definition) is 8. The minimum atomic E-state index is -0.499. The number of thioether (sulfide) groups is 1. The van der Waals surface area contributed by atoms with Crippen molar-refractivity contribution >= 4 is 29.0 Å². The molecular formula is C23H21N5O5S. The molecule has 174 valence electrons. The summed E-state index contributed by atoms with van der Waals surface area (Å²) in [4.78, 5) is 25.8. The Morgan fingerprint density at radius 2 is 1.94 bits per heavy atom. The molecule has 11 heteroatoms. The summed E-state index contributed by atoms with van der Waals surface area (Å²) in [5.74, 6) is 1.67. The molecule has 34 heavy (non-hydrogen) atoms. The van der Waals surface area contributed by atoms with E-state index in [-0.39, 0.29) is 17.1 Å². The Hall–Kier alpha value is -3.99. The van der Waals surface area contributed by atoms with Crippen molar-refractivity contribution in [2.24, 2.45) is 0 Å². The number of carbonyl (C=O) groups excluding carboxylic acids is 1. The first-order valence-electron chi connectivity index (χ1n) is 10.5. The van der Waals surface area contributed by atoms with E-state index < -0.39 is 5.25 Å². The van der Waals surface area contributed by atoms with Crippen LogP contribution < -0.4 is 25.1 Å². The molecule has 1 aliphatic heterocycles. The smallest absolute Gasteiger partial charge is 0.300 e. The Morgan fingerprint density at radius 1 is 1.12 bits per heavy atom. The summed E-state index contributed by atoms with van der Waals surface area (Å²) in [6.07, 6.45) is 3.33. The van der Waals surface area contributed by atoms with Gasteiger partial charge in [0, 0.05) is 30.2 Å². The standard InChI is InChI=1S/C23H21N5O5S/c1-14(21(29)24-15-6-7-18-19(12-15)33-11-10-32-18)34-23-26-25-20-22(30)27(8-9-28(20)23)16-4-3-5-17(13-16)31-2/h3-9,12-14H,10-11H2,1-2H3,(H,24,29)/t14-/m0/s1. The van der Waals surface area contributed by atoms with Gasteiger partial charge in [-0.2, -0.15) is 0 Å². The second-order valence-electron chi connectivity index (χ2n) is 7.46. The Kier molecular flexibility index (Phi) is 5.84. The molecule has 1 atom stereocenters. The lowest BCUT2D eigenvalue weighted by Gasteiger charge is -2.19.